The van der Waals surface area contributed by atoms with Gasteiger partial charge < -0.3 is 0 Å². The Morgan fingerprint density at radius 1 is 1.55 bits per heavy atom. The highest BCUT2D eigenvalue weighted by atomic mass is 32.2. The largest absolute Gasteiger partial charge is 0.294 e. The summed E-state index contributed by atoms with van der Waals surface area (Å²) in [6, 6.07) is 0.146. The third kappa shape index (κ3) is 7.97. The molecule has 0 bridgehead atoms. The van der Waals surface area contributed by atoms with Crippen LogP contribution < -0.4 is 4.72 Å². The SMILES string of the molecule is CCCCCC(C)NS(=O)O. The van der Waals surface area contributed by atoms with Gasteiger partial charge in [-0.3, -0.25) is 4.55 Å². The average molecular weight is 179 g/mol. The molecule has 11 heavy (non-hydrogen) atoms. The van der Waals surface area contributed by atoms with E-state index in [-0.39, 0.29) is 6.04 Å². The minimum absolute atomic E-state index is 0.146. The van der Waals surface area contributed by atoms with Crippen molar-refractivity contribution in [3.8, 4) is 0 Å². The molecule has 0 rings (SSSR count). The van der Waals surface area contributed by atoms with Gasteiger partial charge in [-0.05, 0) is 13.3 Å². The van der Waals surface area contributed by atoms with E-state index in [1.165, 1.54) is 12.8 Å². The molecule has 0 aliphatic carbocycles. The van der Waals surface area contributed by atoms with Gasteiger partial charge in [-0.2, -0.15) is 0 Å². The van der Waals surface area contributed by atoms with Gasteiger partial charge in [-0.25, -0.2) is 8.93 Å². The number of unbranched alkanes of at least 4 members (excludes halogenated alkanes) is 2. The smallest absolute Gasteiger partial charge is 0.231 e. The Hall–Kier alpha value is 0.0700. The molecule has 0 spiro atoms. The van der Waals surface area contributed by atoms with Crippen LogP contribution in [-0.2, 0) is 11.3 Å². The van der Waals surface area contributed by atoms with Crippen molar-refractivity contribution >= 4 is 11.3 Å². The number of hydrogen-bond acceptors (Lipinski definition) is 1. The molecule has 2 unspecified atom stereocenters. The lowest BCUT2D eigenvalue weighted by Crippen LogP contribution is -2.27. The molecule has 0 heterocycles. The van der Waals surface area contributed by atoms with Crippen LogP contribution in [0.1, 0.15) is 39.5 Å². The standard InChI is InChI=1S/C7H17NO2S/c1-3-4-5-6-7(2)8-11(9)10/h7-8H,3-6H2,1-2H3,(H,9,10). The van der Waals surface area contributed by atoms with Gasteiger partial charge in [-0.1, -0.05) is 26.2 Å². The number of nitrogens with one attached hydrogen (secondary N) is 1. The molecule has 68 valence electrons. The first-order chi connectivity index (χ1) is 5.16. The van der Waals surface area contributed by atoms with Crippen molar-refractivity contribution in [3.05, 3.63) is 0 Å². The van der Waals surface area contributed by atoms with Crippen LogP contribution in [0, 0.1) is 0 Å². The molecule has 0 aromatic carbocycles. The summed E-state index contributed by atoms with van der Waals surface area (Å²) < 4.78 is 21.2. The Bertz CT molecular complexity index is 119. The molecule has 0 aromatic heterocycles. The molecule has 0 fully saturated rings. The minimum atomic E-state index is -1.85. The normalized spacial score (nSPS) is 16.3. The Labute approximate surface area is 71.0 Å². The Morgan fingerprint density at radius 3 is 2.64 bits per heavy atom. The zero-order valence-corrected chi connectivity index (χ0v) is 7.99. The summed E-state index contributed by atoms with van der Waals surface area (Å²) in [5.74, 6) is 0. The first-order valence-electron chi connectivity index (χ1n) is 4.03. The summed E-state index contributed by atoms with van der Waals surface area (Å²) in [6.07, 6.45) is 4.49. The van der Waals surface area contributed by atoms with Crippen LogP contribution in [0.15, 0.2) is 0 Å². The monoisotopic (exact) mass is 179 g/mol. The maximum absolute atomic E-state index is 10.2. The molecule has 0 amide bonds. The highest BCUT2D eigenvalue weighted by Gasteiger charge is 2.02. The van der Waals surface area contributed by atoms with E-state index in [0.29, 0.717) is 0 Å². The molecule has 3 nitrogen and oxygen atoms in total. The lowest BCUT2D eigenvalue weighted by Gasteiger charge is -2.08. The molecule has 2 N–H and O–H groups in total. The van der Waals surface area contributed by atoms with Crippen molar-refractivity contribution in [3.63, 3.8) is 0 Å². The minimum Gasteiger partial charge on any atom is -0.294 e. The van der Waals surface area contributed by atoms with Crippen LogP contribution in [0.2, 0.25) is 0 Å². The summed E-state index contributed by atoms with van der Waals surface area (Å²) in [6.45, 7) is 4.06. The zero-order chi connectivity index (χ0) is 8.69. The summed E-state index contributed by atoms with van der Waals surface area (Å²) in [5.41, 5.74) is 0. The van der Waals surface area contributed by atoms with Crippen LogP contribution in [0.25, 0.3) is 0 Å². The Kier molecular flexibility index (Phi) is 6.80. The molecule has 0 aromatic rings. The van der Waals surface area contributed by atoms with Gasteiger partial charge in [-0.15, -0.1) is 0 Å². The number of rotatable bonds is 6. The van der Waals surface area contributed by atoms with Crippen molar-refractivity contribution in [2.24, 2.45) is 0 Å². The van der Waals surface area contributed by atoms with Crippen molar-refractivity contribution < 1.29 is 8.76 Å². The van der Waals surface area contributed by atoms with Gasteiger partial charge in [0, 0.05) is 6.04 Å². The topological polar surface area (TPSA) is 49.3 Å². The van der Waals surface area contributed by atoms with Gasteiger partial charge in [0.15, 0.2) is 0 Å². The molecular formula is C7H17NO2S. The fourth-order valence-electron chi connectivity index (χ4n) is 0.932. The fourth-order valence-corrected chi connectivity index (χ4v) is 1.39. The molecule has 0 aliphatic heterocycles. The summed E-state index contributed by atoms with van der Waals surface area (Å²) in [7, 11) is 0. The lowest BCUT2D eigenvalue weighted by molar-refractivity contribution is 0.508. The predicted octanol–water partition coefficient (Wildman–Crippen LogP) is 1.68. The first-order valence-corrected chi connectivity index (χ1v) is 5.14. The van der Waals surface area contributed by atoms with Crippen molar-refractivity contribution in [1.82, 2.24) is 4.72 Å². The van der Waals surface area contributed by atoms with E-state index in [4.69, 9.17) is 4.55 Å². The van der Waals surface area contributed by atoms with E-state index < -0.39 is 11.3 Å². The molecule has 0 saturated heterocycles. The van der Waals surface area contributed by atoms with Crippen LogP contribution in [0.4, 0.5) is 0 Å². The lowest BCUT2D eigenvalue weighted by atomic mass is 10.1. The van der Waals surface area contributed by atoms with E-state index in [1.54, 1.807) is 0 Å². The predicted molar refractivity (Wildman–Crippen MR) is 47.5 cm³/mol. The second-order valence-electron chi connectivity index (χ2n) is 2.76. The zero-order valence-electron chi connectivity index (χ0n) is 7.17. The quantitative estimate of drug-likeness (QED) is 0.481. The highest BCUT2D eigenvalue weighted by molar-refractivity contribution is 7.77. The van der Waals surface area contributed by atoms with Gasteiger partial charge in [0.2, 0.25) is 11.3 Å². The summed E-state index contributed by atoms with van der Waals surface area (Å²) >= 11 is -1.85. The average Bonchev–Trinajstić information content (AvgIpc) is 1.86. The maximum Gasteiger partial charge on any atom is 0.231 e. The molecule has 4 heteroatoms. The van der Waals surface area contributed by atoms with E-state index in [2.05, 4.69) is 11.6 Å². The Morgan fingerprint density at radius 2 is 2.18 bits per heavy atom. The van der Waals surface area contributed by atoms with Gasteiger partial charge in [0.1, 0.15) is 0 Å². The molecule has 0 radical (unpaired) electrons. The van der Waals surface area contributed by atoms with Crippen LogP contribution >= 0.6 is 0 Å². The second-order valence-corrected chi connectivity index (χ2v) is 3.50. The van der Waals surface area contributed by atoms with Crippen molar-refractivity contribution in [2.45, 2.75) is 45.6 Å². The molecule has 0 aliphatic rings. The van der Waals surface area contributed by atoms with Gasteiger partial charge >= 0.3 is 0 Å². The first kappa shape index (κ1) is 11.1. The van der Waals surface area contributed by atoms with Crippen LogP contribution in [-0.4, -0.2) is 14.8 Å². The third-order valence-electron chi connectivity index (χ3n) is 1.54. The maximum atomic E-state index is 10.2. The summed E-state index contributed by atoms with van der Waals surface area (Å²) in [4.78, 5) is 0. The fraction of sp³-hybridized carbons (Fsp3) is 1.00. The molecule has 2 atom stereocenters. The van der Waals surface area contributed by atoms with Gasteiger partial charge in [0.25, 0.3) is 0 Å². The molecular weight excluding hydrogens is 162 g/mol. The van der Waals surface area contributed by atoms with Crippen molar-refractivity contribution in [1.29, 1.82) is 0 Å². The highest BCUT2D eigenvalue weighted by Crippen LogP contribution is 2.02. The summed E-state index contributed by atoms with van der Waals surface area (Å²) in [5, 5.41) is 0. The number of hydrogen-bond donors (Lipinski definition) is 2. The van der Waals surface area contributed by atoms with E-state index >= 15 is 0 Å². The van der Waals surface area contributed by atoms with Gasteiger partial charge in [0.05, 0.1) is 0 Å². The van der Waals surface area contributed by atoms with Crippen LogP contribution in [0.3, 0.4) is 0 Å². The van der Waals surface area contributed by atoms with Crippen molar-refractivity contribution in [2.75, 3.05) is 0 Å². The Balaban J connectivity index is 3.22. The van der Waals surface area contributed by atoms with E-state index in [0.717, 1.165) is 12.8 Å². The molecule has 0 saturated carbocycles. The third-order valence-corrected chi connectivity index (χ3v) is 2.15. The van der Waals surface area contributed by atoms with E-state index in [9.17, 15) is 4.21 Å². The van der Waals surface area contributed by atoms with Crippen LogP contribution in [0.5, 0.6) is 0 Å². The second kappa shape index (κ2) is 6.76. The van der Waals surface area contributed by atoms with E-state index in [1.807, 2.05) is 6.92 Å².